The lowest BCUT2D eigenvalue weighted by Crippen LogP contribution is -2.34. The fraction of sp³-hybridized carbons (Fsp3) is 0.391. The molecule has 0 radical (unpaired) electrons. The maximum Gasteiger partial charge on any atom is 0.274 e. The van der Waals surface area contributed by atoms with Gasteiger partial charge < -0.3 is 19.5 Å². The van der Waals surface area contributed by atoms with Crippen molar-refractivity contribution in [3.05, 3.63) is 53.6 Å². The third-order valence-corrected chi connectivity index (χ3v) is 4.23. The molecule has 2 aromatic carbocycles. The predicted octanol–water partition coefficient (Wildman–Crippen LogP) is 3.04. The second-order valence-electron chi connectivity index (χ2n) is 6.80. The van der Waals surface area contributed by atoms with E-state index in [1.54, 1.807) is 18.2 Å². The summed E-state index contributed by atoms with van der Waals surface area (Å²) in [5.74, 6) is 0.908. The van der Waals surface area contributed by atoms with E-state index in [0.717, 1.165) is 24.2 Å². The SMILES string of the molecule is CCCCOc1ccc(C(=O)NOCC(=O)NCCOc2cccc(C)c2)cc1OC. The van der Waals surface area contributed by atoms with Crippen LogP contribution >= 0.6 is 0 Å². The summed E-state index contributed by atoms with van der Waals surface area (Å²) in [6, 6.07) is 12.5. The smallest absolute Gasteiger partial charge is 0.274 e. The predicted molar refractivity (Wildman–Crippen MR) is 116 cm³/mol. The average Bonchev–Trinajstić information content (AvgIpc) is 2.77. The fourth-order valence-corrected chi connectivity index (χ4v) is 2.60. The number of methoxy groups -OCH3 is 1. The minimum absolute atomic E-state index is 0.314. The van der Waals surface area contributed by atoms with Gasteiger partial charge in [0, 0.05) is 5.56 Å². The van der Waals surface area contributed by atoms with Gasteiger partial charge >= 0.3 is 0 Å². The van der Waals surface area contributed by atoms with Crippen LogP contribution in [-0.2, 0) is 9.63 Å². The molecular formula is C23H30N2O6. The Morgan fingerprint density at radius 2 is 1.84 bits per heavy atom. The van der Waals surface area contributed by atoms with Crippen molar-refractivity contribution in [3.8, 4) is 17.2 Å². The minimum Gasteiger partial charge on any atom is -0.493 e. The van der Waals surface area contributed by atoms with Crippen LogP contribution in [-0.4, -0.2) is 45.3 Å². The molecule has 0 atom stereocenters. The van der Waals surface area contributed by atoms with Crippen molar-refractivity contribution in [2.24, 2.45) is 0 Å². The molecule has 8 heteroatoms. The average molecular weight is 431 g/mol. The number of aryl methyl sites for hydroxylation is 1. The normalized spacial score (nSPS) is 10.3. The summed E-state index contributed by atoms with van der Waals surface area (Å²) in [7, 11) is 1.51. The summed E-state index contributed by atoms with van der Waals surface area (Å²) >= 11 is 0. The lowest BCUT2D eigenvalue weighted by Gasteiger charge is -2.12. The first-order valence-electron chi connectivity index (χ1n) is 10.2. The van der Waals surface area contributed by atoms with Gasteiger partial charge in [0.15, 0.2) is 18.1 Å². The van der Waals surface area contributed by atoms with Crippen LogP contribution in [0, 0.1) is 6.92 Å². The number of unbranched alkanes of at least 4 members (excludes halogenated alkanes) is 1. The van der Waals surface area contributed by atoms with Gasteiger partial charge in [0.05, 0.1) is 20.3 Å². The molecule has 0 fully saturated rings. The van der Waals surface area contributed by atoms with E-state index in [4.69, 9.17) is 19.0 Å². The highest BCUT2D eigenvalue weighted by Gasteiger charge is 2.12. The number of benzene rings is 2. The van der Waals surface area contributed by atoms with E-state index in [2.05, 4.69) is 17.7 Å². The Morgan fingerprint density at radius 1 is 1.00 bits per heavy atom. The summed E-state index contributed by atoms with van der Waals surface area (Å²) in [4.78, 5) is 29.0. The van der Waals surface area contributed by atoms with Gasteiger partial charge in [-0.1, -0.05) is 25.5 Å². The number of hydroxylamine groups is 1. The van der Waals surface area contributed by atoms with Gasteiger partial charge in [-0.2, -0.15) is 0 Å². The lowest BCUT2D eigenvalue weighted by molar-refractivity contribution is -0.127. The molecule has 0 aliphatic rings. The van der Waals surface area contributed by atoms with E-state index in [9.17, 15) is 9.59 Å². The Balaban J connectivity index is 1.68. The summed E-state index contributed by atoms with van der Waals surface area (Å²) in [5.41, 5.74) is 3.67. The molecule has 0 unspecified atom stereocenters. The highest BCUT2D eigenvalue weighted by Crippen LogP contribution is 2.28. The molecule has 0 aromatic heterocycles. The number of ether oxygens (including phenoxy) is 3. The summed E-state index contributed by atoms with van der Waals surface area (Å²) < 4.78 is 16.5. The van der Waals surface area contributed by atoms with Gasteiger partial charge in [-0.3, -0.25) is 14.4 Å². The zero-order valence-electron chi connectivity index (χ0n) is 18.2. The van der Waals surface area contributed by atoms with E-state index in [1.165, 1.54) is 7.11 Å². The molecule has 0 spiro atoms. The molecule has 168 valence electrons. The number of nitrogens with one attached hydrogen (secondary N) is 2. The molecule has 8 nitrogen and oxygen atoms in total. The van der Waals surface area contributed by atoms with Crippen LogP contribution in [0.2, 0.25) is 0 Å². The van der Waals surface area contributed by atoms with E-state index in [-0.39, 0.29) is 12.5 Å². The topological polar surface area (TPSA) is 95.1 Å². The van der Waals surface area contributed by atoms with E-state index in [0.29, 0.717) is 36.8 Å². The van der Waals surface area contributed by atoms with Gasteiger partial charge in [0.2, 0.25) is 5.91 Å². The van der Waals surface area contributed by atoms with Crippen LogP contribution in [0.1, 0.15) is 35.7 Å². The third kappa shape index (κ3) is 8.55. The minimum atomic E-state index is -0.492. The highest BCUT2D eigenvalue weighted by atomic mass is 16.7. The fourth-order valence-electron chi connectivity index (χ4n) is 2.60. The van der Waals surface area contributed by atoms with Crippen molar-refractivity contribution in [1.29, 1.82) is 0 Å². The first-order chi connectivity index (χ1) is 15.0. The molecule has 0 saturated carbocycles. The van der Waals surface area contributed by atoms with Crippen molar-refractivity contribution in [3.63, 3.8) is 0 Å². The molecule has 2 aromatic rings. The van der Waals surface area contributed by atoms with Gasteiger partial charge in [-0.25, -0.2) is 5.48 Å². The Hall–Kier alpha value is -3.26. The molecule has 0 bridgehead atoms. The molecule has 2 N–H and O–H groups in total. The zero-order valence-corrected chi connectivity index (χ0v) is 18.2. The number of hydrogen-bond acceptors (Lipinski definition) is 6. The quantitative estimate of drug-likeness (QED) is 0.375. The second-order valence-corrected chi connectivity index (χ2v) is 6.80. The first kappa shape index (κ1) is 24.0. The van der Waals surface area contributed by atoms with Gasteiger partial charge in [-0.15, -0.1) is 0 Å². The zero-order chi connectivity index (χ0) is 22.5. The van der Waals surface area contributed by atoms with Crippen LogP contribution in [0.15, 0.2) is 42.5 Å². The summed E-state index contributed by atoms with van der Waals surface area (Å²) in [6.07, 6.45) is 1.95. The standard InChI is InChI=1S/C23H30N2O6/c1-4-5-12-30-20-10-9-18(15-21(20)28-3)23(27)25-31-16-22(26)24-11-13-29-19-8-6-7-17(2)14-19/h6-10,14-15H,4-5,11-13,16H2,1-3H3,(H,24,26)(H,25,27). The van der Waals surface area contributed by atoms with E-state index >= 15 is 0 Å². The molecular weight excluding hydrogens is 400 g/mol. The Bertz CT molecular complexity index is 856. The second kappa shape index (κ2) is 13.1. The van der Waals surface area contributed by atoms with Crippen LogP contribution < -0.4 is 25.0 Å². The Labute approximate surface area is 182 Å². The van der Waals surface area contributed by atoms with Gasteiger partial charge in [0.25, 0.3) is 5.91 Å². The van der Waals surface area contributed by atoms with Crippen molar-refractivity contribution in [2.45, 2.75) is 26.7 Å². The lowest BCUT2D eigenvalue weighted by atomic mass is 10.2. The molecule has 2 rings (SSSR count). The first-order valence-corrected chi connectivity index (χ1v) is 10.2. The Kier molecular flexibility index (Phi) is 10.2. The molecule has 2 amide bonds. The molecule has 31 heavy (non-hydrogen) atoms. The molecule has 0 heterocycles. The third-order valence-electron chi connectivity index (χ3n) is 4.23. The number of amides is 2. The van der Waals surface area contributed by atoms with E-state index in [1.807, 2.05) is 31.2 Å². The van der Waals surface area contributed by atoms with Crippen molar-refractivity contribution < 1.29 is 28.6 Å². The maximum absolute atomic E-state index is 12.2. The number of carbonyl (C=O) groups excluding carboxylic acids is 2. The summed E-state index contributed by atoms with van der Waals surface area (Å²) in [6.45, 7) is 4.96. The summed E-state index contributed by atoms with van der Waals surface area (Å²) in [5, 5.41) is 2.65. The maximum atomic E-state index is 12.2. The van der Waals surface area contributed by atoms with Gasteiger partial charge in [0.1, 0.15) is 12.4 Å². The van der Waals surface area contributed by atoms with Crippen molar-refractivity contribution in [1.82, 2.24) is 10.8 Å². The van der Waals surface area contributed by atoms with E-state index < -0.39 is 5.91 Å². The van der Waals surface area contributed by atoms with Crippen LogP contribution in [0.5, 0.6) is 17.2 Å². The molecule has 0 aliphatic heterocycles. The number of rotatable bonds is 13. The van der Waals surface area contributed by atoms with Crippen LogP contribution in [0.4, 0.5) is 0 Å². The largest absolute Gasteiger partial charge is 0.493 e. The van der Waals surface area contributed by atoms with Crippen molar-refractivity contribution in [2.75, 3.05) is 33.5 Å². The van der Waals surface area contributed by atoms with Crippen molar-refractivity contribution >= 4 is 11.8 Å². The molecule has 0 aliphatic carbocycles. The number of carbonyl (C=O) groups is 2. The number of hydrogen-bond donors (Lipinski definition) is 2. The van der Waals surface area contributed by atoms with Gasteiger partial charge in [-0.05, 0) is 49.2 Å². The Morgan fingerprint density at radius 3 is 2.58 bits per heavy atom. The van der Waals surface area contributed by atoms with Crippen LogP contribution in [0.3, 0.4) is 0 Å². The molecule has 0 saturated heterocycles. The monoisotopic (exact) mass is 430 g/mol. The highest BCUT2D eigenvalue weighted by molar-refractivity contribution is 5.94. The van der Waals surface area contributed by atoms with Crippen LogP contribution in [0.25, 0.3) is 0 Å².